The standard InChI is InChI=1S/C86H86BN3Si/c1-82(2,3)59-41-39-57(40-42-59)58-51-79-81-80(52-58)90(76-38-28-26-36-70(76)86(13,14)15)78-55-62(88-73-48-43-60(83(4,5)6)53-67(73)68-54-61(84(7,8)9)44-49-74(68)88)45-47-71(78)87(81)72-56-66(46-50-77(72)89(79)75-37-27-25-35-69(75)85(10,11)12)91(63-29-19-16-20-30-63,64-31-21-17-22-32-64)65-33-23-18-24-34-65/h16-56H,1-15H3. The van der Waals surface area contributed by atoms with E-state index in [-0.39, 0.29) is 33.8 Å². The summed E-state index contributed by atoms with van der Waals surface area (Å²) in [5.41, 5.74) is 23.1. The monoisotopic (exact) mass is 1200 g/mol. The van der Waals surface area contributed by atoms with Crippen molar-refractivity contribution in [3.05, 3.63) is 277 Å². The Balaban J connectivity index is 1.15. The molecule has 0 N–H and O–H groups in total. The maximum absolute atomic E-state index is 3.05. The minimum Gasteiger partial charge on any atom is -0.311 e. The van der Waals surface area contributed by atoms with Gasteiger partial charge in [-0.2, -0.15) is 0 Å². The molecule has 2 aliphatic heterocycles. The molecule has 0 atom stereocenters. The second-order valence-corrected chi connectivity index (χ2v) is 34.9. The van der Waals surface area contributed by atoms with E-state index >= 15 is 0 Å². The topological polar surface area (TPSA) is 11.4 Å². The molecule has 1 aromatic heterocycles. The van der Waals surface area contributed by atoms with Crippen molar-refractivity contribution < 1.29 is 0 Å². The molecule has 0 aliphatic carbocycles. The Hall–Kier alpha value is -8.90. The molecule has 0 saturated heterocycles. The van der Waals surface area contributed by atoms with E-state index in [2.05, 4.69) is 367 Å². The van der Waals surface area contributed by atoms with Gasteiger partial charge >= 0.3 is 0 Å². The average molecular weight is 1200 g/mol. The molecule has 0 saturated carbocycles. The molecule has 2 aliphatic rings. The van der Waals surface area contributed by atoms with E-state index in [9.17, 15) is 0 Å². The molecule has 3 nitrogen and oxygen atoms in total. The lowest BCUT2D eigenvalue weighted by Gasteiger charge is -2.46. The third-order valence-electron chi connectivity index (χ3n) is 19.9. The van der Waals surface area contributed by atoms with Crippen molar-refractivity contribution in [2.24, 2.45) is 0 Å². The molecule has 14 rings (SSSR count). The summed E-state index contributed by atoms with van der Waals surface area (Å²) >= 11 is 0. The molecule has 3 heterocycles. The minimum absolute atomic E-state index is 0.000612. The van der Waals surface area contributed by atoms with Gasteiger partial charge in [0.1, 0.15) is 0 Å². The van der Waals surface area contributed by atoms with Crippen molar-refractivity contribution in [3.8, 4) is 16.8 Å². The van der Waals surface area contributed by atoms with Crippen LogP contribution in [0.25, 0.3) is 38.6 Å². The van der Waals surface area contributed by atoms with Crippen LogP contribution in [0.15, 0.2) is 249 Å². The SMILES string of the molecule is CC(C)(C)c1ccc(-c2cc3c4c(c2)N(c2ccccc2C(C)(C)C)c2cc(-n5c6ccc(C(C)(C)C)cc6c6cc(C(C)(C)C)ccc65)ccc2B4c2cc([Si](c4ccccc4)(c4ccccc4)c4ccccc4)ccc2N3c2ccccc2C(C)(C)C)cc1. The number of anilines is 6. The van der Waals surface area contributed by atoms with E-state index in [0.29, 0.717) is 0 Å². The smallest absolute Gasteiger partial charge is 0.252 e. The molecule has 0 fully saturated rings. The van der Waals surface area contributed by atoms with Gasteiger partial charge in [-0.1, -0.05) is 286 Å². The van der Waals surface area contributed by atoms with E-state index in [4.69, 9.17) is 0 Å². The normalized spacial score (nSPS) is 13.6. The molecule has 452 valence electrons. The molecule has 91 heavy (non-hydrogen) atoms. The van der Waals surface area contributed by atoms with Crippen molar-refractivity contribution >= 4 is 108 Å². The first kappa shape index (κ1) is 59.7. The van der Waals surface area contributed by atoms with Crippen LogP contribution in [0.5, 0.6) is 0 Å². The van der Waals surface area contributed by atoms with Gasteiger partial charge in [-0.25, -0.2) is 0 Å². The summed E-state index contributed by atoms with van der Waals surface area (Å²) in [4.78, 5) is 5.35. The van der Waals surface area contributed by atoms with E-state index in [1.807, 2.05) is 0 Å². The van der Waals surface area contributed by atoms with Crippen LogP contribution in [0.2, 0.25) is 0 Å². The Bertz CT molecular complexity index is 4600. The largest absolute Gasteiger partial charge is 0.311 e. The Kier molecular flexibility index (Phi) is 14.2. The van der Waals surface area contributed by atoms with Gasteiger partial charge in [0.15, 0.2) is 8.07 Å². The second kappa shape index (κ2) is 21.6. The summed E-state index contributed by atoms with van der Waals surface area (Å²) in [5, 5.41) is 7.99. The van der Waals surface area contributed by atoms with Crippen LogP contribution in [-0.2, 0) is 27.1 Å². The maximum atomic E-state index is 2.69. The molecular weight excluding hydrogens is 1110 g/mol. The van der Waals surface area contributed by atoms with Crippen LogP contribution in [0, 0.1) is 0 Å². The maximum Gasteiger partial charge on any atom is 0.252 e. The van der Waals surface area contributed by atoms with Crippen molar-refractivity contribution in [2.45, 2.75) is 131 Å². The highest BCUT2D eigenvalue weighted by Crippen LogP contribution is 2.50. The number of aromatic nitrogens is 1. The Labute approximate surface area is 543 Å². The number of rotatable bonds is 8. The van der Waals surface area contributed by atoms with E-state index < -0.39 is 8.07 Å². The predicted octanol–water partition coefficient (Wildman–Crippen LogP) is 18.4. The summed E-state index contributed by atoms with van der Waals surface area (Å²) in [6.07, 6.45) is 0. The van der Waals surface area contributed by atoms with Crippen molar-refractivity contribution in [2.75, 3.05) is 9.80 Å². The first-order valence-corrected chi connectivity index (χ1v) is 34.9. The summed E-state index contributed by atoms with van der Waals surface area (Å²) in [6.45, 7) is 35.0. The Morgan fingerprint density at radius 1 is 0.286 bits per heavy atom. The van der Waals surface area contributed by atoms with Crippen LogP contribution in [0.4, 0.5) is 34.1 Å². The van der Waals surface area contributed by atoms with Gasteiger partial charge in [0.05, 0.1) is 11.0 Å². The summed E-state index contributed by atoms with van der Waals surface area (Å²) in [6, 6.07) is 97.0. The molecule has 0 bridgehead atoms. The molecule has 12 aromatic rings. The van der Waals surface area contributed by atoms with Crippen LogP contribution in [0.3, 0.4) is 0 Å². The molecule has 5 heteroatoms. The number of para-hydroxylation sites is 2. The quantitative estimate of drug-likeness (QED) is 0.111. The molecule has 0 unspecified atom stereocenters. The van der Waals surface area contributed by atoms with Gasteiger partial charge in [0.2, 0.25) is 0 Å². The highest BCUT2D eigenvalue weighted by Gasteiger charge is 2.48. The predicted molar refractivity (Wildman–Crippen MR) is 397 cm³/mol. The van der Waals surface area contributed by atoms with Gasteiger partial charge in [0.25, 0.3) is 6.71 Å². The lowest BCUT2D eigenvalue weighted by atomic mass is 9.33. The molecule has 0 radical (unpaired) electrons. The highest BCUT2D eigenvalue weighted by atomic mass is 28.3. The number of hydrogen-bond acceptors (Lipinski definition) is 2. The number of benzene rings is 11. The van der Waals surface area contributed by atoms with Gasteiger partial charge in [-0.15, -0.1) is 0 Å². The Morgan fingerprint density at radius 3 is 1.16 bits per heavy atom. The lowest BCUT2D eigenvalue weighted by Crippen LogP contribution is -2.75. The molecule has 11 aromatic carbocycles. The fraction of sp³-hybridized carbons (Fsp3) is 0.233. The fourth-order valence-electron chi connectivity index (χ4n) is 15.1. The van der Waals surface area contributed by atoms with Crippen LogP contribution >= 0.6 is 0 Å². The van der Waals surface area contributed by atoms with Crippen molar-refractivity contribution in [1.82, 2.24) is 4.57 Å². The summed E-state index contributed by atoms with van der Waals surface area (Å²) in [7, 11) is -3.05. The summed E-state index contributed by atoms with van der Waals surface area (Å²) < 4.78 is 2.56. The highest BCUT2D eigenvalue weighted by molar-refractivity contribution is 7.20. The first-order valence-electron chi connectivity index (χ1n) is 32.9. The molecule has 0 amide bonds. The number of hydrogen-bond donors (Lipinski definition) is 0. The zero-order valence-corrected chi connectivity index (χ0v) is 57.1. The lowest BCUT2D eigenvalue weighted by molar-refractivity contribution is 0.590. The number of fused-ring (bicyclic) bond motifs is 7. The minimum atomic E-state index is -3.05. The van der Waals surface area contributed by atoms with Crippen LogP contribution in [-0.4, -0.2) is 19.4 Å². The van der Waals surface area contributed by atoms with E-state index in [0.717, 1.165) is 5.69 Å². The van der Waals surface area contributed by atoms with Gasteiger partial charge in [0, 0.05) is 50.6 Å². The third kappa shape index (κ3) is 10.0. The number of nitrogens with zero attached hydrogens (tertiary/aromatic N) is 3. The third-order valence-corrected chi connectivity index (χ3v) is 24.6. The molecule has 0 spiro atoms. The molecular formula is C86H86BN3Si. The van der Waals surface area contributed by atoms with Gasteiger partial charge in [-0.3, -0.25) is 0 Å². The van der Waals surface area contributed by atoms with E-state index in [1.165, 1.54) is 132 Å². The van der Waals surface area contributed by atoms with Gasteiger partial charge in [-0.05, 0) is 170 Å². The summed E-state index contributed by atoms with van der Waals surface area (Å²) in [5.74, 6) is 0. The van der Waals surface area contributed by atoms with Crippen LogP contribution < -0.4 is 46.9 Å². The van der Waals surface area contributed by atoms with Crippen LogP contribution in [0.1, 0.15) is 132 Å². The van der Waals surface area contributed by atoms with E-state index in [1.54, 1.807) is 0 Å². The Morgan fingerprint density at radius 2 is 0.714 bits per heavy atom. The van der Waals surface area contributed by atoms with Crippen molar-refractivity contribution in [3.63, 3.8) is 0 Å². The second-order valence-electron chi connectivity index (χ2n) is 31.1. The van der Waals surface area contributed by atoms with Gasteiger partial charge < -0.3 is 14.4 Å². The zero-order chi connectivity index (χ0) is 63.7. The average Bonchev–Trinajstić information content (AvgIpc) is 0.905. The first-order chi connectivity index (χ1) is 43.3. The zero-order valence-electron chi connectivity index (χ0n) is 56.1. The fourth-order valence-corrected chi connectivity index (χ4v) is 19.9. The van der Waals surface area contributed by atoms with Crippen molar-refractivity contribution in [1.29, 1.82) is 0 Å².